The number of rotatable bonds is 5. The summed E-state index contributed by atoms with van der Waals surface area (Å²) in [6, 6.07) is 12.0. The second-order valence-electron chi connectivity index (χ2n) is 8.53. The molecule has 0 bridgehead atoms. The summed E-state index contributed by atoms with van der Waals surface area (Å²) in [5.74, 6) is 0.0230. The van der Waals surface area contributed by atoms with Crippen molar-refractivity contribution in [1.82, 2.24) is 10.3 Å². The molecule has 4 nitrogen and oxygen atoms in total. The lowest BCUT2D eigenvalue weighted by atomic mass is 9.87. The first-order chi connectivity index (χ1) is 12.9. The van der Waals surface area contributed by atoms with Crippen LogP contribution in [-0.4, -0.2) is 16.9 Å². The summed E-state index contributed by atoms with van der Waals surface area (Å²) >= 11 is 0. The number of hydrogen-bond donors (Lipinski definition) is 2. The van der Waals surface area contributed by atoms with Crippen molar-refractivity contribution in [2.24, 2.45) is 0 Å². The average molecular weight is 366 g/mol. The van der Waals surface area contributed by atoms with Crippen molar-refractivity contribution < 1.29 is 4.79 Å². The van der Waals surface area contributed by atoms with Crippen molar-refractivity contribution in [3.63, 3.8) is 0 Å². The predicted octanol–water partition coefficient (Wildman–Crippen LogP) is 4.98. The minimum absolute atomic E-state index is 0.0230. The fourth-order valence-corrected chi connectivity index (χ4v) is 3.61. The molecule has 0 radical (unpaired) electrons. The van der Waals surface area contributed by atoms with E-state index in [0.717, 1.165) is 24.1 Å². The van der Waals surface area contributed by atoms with E-state index in [1.807, 2.05) is 12.1 Å². The number of hydrogen-bond acceptors (Lipinski definition) is 3. The molecule has 1 aromatic heterocycles. The third-order valence-electron chi connectivity index (χ3n) is 5.29. The Morgan fingerprint density at radius 2 is 1.78 bits per heavy atom. The molecule has 0 saturated heterocycles. The van der Waals surface area contributed by atoms with Gasteiger partial charge in [-0.15, -0.1) is 0 Å². The van der Waals surface area contributed by atoms with E-state index in [1.165, 1.54) is 24.8 Å². The van der Waals surface area contributed by atoms with Gasteiger partial charge >= 0.3 is 0 Å². The third kappa shape index (κ3) is 5.31. The molecule has 1 aliphatic carbocycles. The van der Waals surface area contributed by atoms with Gasteiger partial charge in [0.1, 0.15) is 6.04 Å². The van der Waals surface area contributed by atoms with Crippen molar-refractivity contribution in [2.45, 2.75) is 70.4 Å². The van der Waals surface area contributed by atoms with Crippen molar-refractivity contribution in [2.75, 3.05) is 5.32 Å². The van der Waals surface area contributed by atoms with E-state index in [0.29, 0.717) is 0 Å². The molecule has 27 heavy (non-hydrogen) atoms. The van der Waals surface area contributed by atoms with Crippen LogP contribution in [0.15, 0.2) is 48.8 Å². The van der Waals surface area contributed by atoms with Crippen LogP contribution in [0.5, 0.6) is 0 Å². The molecular formula is C23H31N3O. The van der Waals surface area contributed by atoms with Crippen LogP contribution >= 0.6 is 0 Å². The molecule has 1 aromatic carbocycles. The third-order valence-corrected chi connectivity index (χ3v) is 5.29. The van der Waals surface area contributed by atoms with Gasteiger partial charge in [-0.05, 0) is 42.0 Å². The van der Waals surface area contributed by atoms with Gasteiger partial charge in [-0.25, -0.2) is 0 Å². The Labute approximate surface area is 162 Å². The summed E-state index contributed by atoms with van der Waals surface area (Å²) in [5.41, 5.74) is 3.21. The number of pyridine rings is 1. The summed E-state index contributed by atoms with van der Waals surface area (Å²) in [6.45, 7) is 6.60. The van der Waals surface area contributed by atoms with E-state index in [2.05, 4.69) is 60.7 Å². The SMILES string of the molecule is CC(C)(C)c1ccc(NC(C(=O)NC2CCCCC2)c2cccnc2)cc1. The number of amides is 1. The van der Waals surface area contributed by atoms with Crippen LogP contribution in [0.4, 0.5) is 5.69 Å². The molecule has 0 aliphatic heterocycles. The van der Waals surface area contributed by atoms with Crippen molar-refractivity contribution in [3.8, 4) is 0 Å². The summed E-state index contributed by atoms with van der Waals surface area (Å²) < 4.78 is 0. The van der Waals surface area contributed by atoms with Crippen molar-refractivity contribution in [1.29, 1.82) is 0 Å². The second kappa shape index (κ2) is 8.55. The van der Waals surface area contributed by atoms with Crippen molar-refractivity contribution in [3.05, 3.63) is 59.9 Å². The lowest BCUT2D eigenvalue weighted by Gasteiger charge is -2.27. The number of anilines is 1. The first-order valence-corrected chi connectivity index (χ1v) is 10.0. The highest BCUT2D eigenvalue weighted by Crippen LogP contribution is 2.26. The van der Waals surface area contributed by atoms with Gasteiger partial charge in [-0.2, -0.15) is 0 Å². The van der Waals surface area contributed by atoms with Gasteiger partial charge in [0.2, 0.25) is 5.91 Å². The van der Waals surface area contributed by atoms with Crippen LogP contribution in [0.1, 0.15) is 70.0 Å². The van der Waals surface area contributed by atoms with Crippen LogP contribution in [0.3, 0.4) is 0 Å². The van der Waals surface area contributed by atoms with Gasteiger partial charge < -0.3 is 10.6 Å². The fourth-order valence-electron chi connectivity index (χ4n) is 3.61. The number of aromatic nitrogens is 1. The van der Waals surface area contributed by atoms with E-state index in [4.69, 9.17) is 0 Å². The normalized spacial score (nSPS) is 16.6. The van der Waals surface area contributed by atoms with Crippen LogP contribution in [0.2, 0.25) is 0 Å². The van der Waals surface area contributed by atoms with E-state index in [1.54, 1.807) is 12.4 Å². The molecule has 2 aromatic rings. The lowest BCUT2D eigenvalue weighted by molar-refractivity contribution is -0.122. The molecule has 1 unspecified atom stereocenters. The maximum absolute atomic E-state index is 13.0. The van der Waals surface area contributed by atoms with Gasteiger partial charge in [-0.3, -0.25) is 9.78 Å². The molecule has 3 rings (SSSR count). The first kappa shape index (κ1) is 19.4. The van der Waals surface area contributed by atoms with Crippen LogP contribution in [-0.2, 0) is 10.2 Å². The summed E-state index contributed by atoms with van der Waals surface area (Å²) in [5, 5.41) is 6.66. The Kier molecular flexibility index (Phi) is 6.15. The topological polar surface area (TPSA) is 54.0 Å². The summed E-state index contributed by atoms with van der Waals surface area (Å²) in [4.78, 5) is 17.2. The van der Waals surface area contributed by atoms with Gasteiger partial charge in [0, 0.05) is 29.7 Å². The number of nitrogens with one attached hydrogen (secondary N) is 2. The van der Waals surface area contributed by atoms with E-state index in [9.17, 15) is 4.79 Å². The largest absolute Gasteiger partial charge is 0.370 e. The maximum Gasteiger partial charge on any atom is 0.247 e. The Balaban J connectivity index is 1.77. The molecular weight excluding hydrogens is 334 g/mol. The van der Waals surface area contributed by atoms with Gasteiger partial charge in [0.15, 0.2) is 0 Å². The lowest BCUT2D eigenvalue weighted by Crippen LogP contribution is -2.41. The molecule has 1 amide bonds. The number of nitrogens with zero attached hydrogens (tertiary/aromatic N) is 1. The fraction of sp³-hybridized carbons (Fsp3) is 0.478. The molecule has 0 spiro atoms. The Hall–Kier alpha value is -2.36. The van der Waals surface area contributed by atoms with Crippen LogP contribution in [0, 0.1) is 0 Å². The molecule has 4 heteroatoms. The zero-order valence-corrected chi connectivity index (χ0v) is 16.7. The molecule has 144 valence electrons. The maximum atomic E-state index is 13.0. The van der Waals surface area contributed by atoms with E-state index >= 15 is 0 Å². The molecule has 1 fully saturated rings. The monoisotopic (exact) mass is 365 g/mol. The van der Waals surface area contributed by atoms with Gasteiger partial charge in [0.05, 0.1) is 0 Å². The summed E-state index contributed by atoms with van der Waals surface area (Å²) in [6.07, 6.45) is 9.32. The zero-order chi connectivity index (χ0) is 19.3. The van der Waals surface area contributed by atoms with Gasteiger partial charge in [-0.1, -0.05) is 58.2 Å². The summed E-state index contributed by atoms with van der Waals surface area (Å²) in [7, 11) is 0. The molecule has 1 heterocycles. The first-order valence-electron chi connectivity index (χ1n) is 10.0. The Morgan fingerprint density at radius 3 is 2.37 bits per heavy atom. The van der Waals surface area contributed by atoms with Gasteiger partial charge in [0.25, 0.3) is 0 Å². The highest BCUT2D eigenvalue weighted by Gasteiger charge is 2.24. The van der Waals surface area contributed by atoms with Crippen LogP contribution in [0.25, 0.3) is 0 Å². The number of benzene rings is 1. The van der Waals surface area contributed by atoms with E-state index < -0.39 is 6.04 Å². The molecule has 2 N–H and O–H groups in total. The minimum atomic E-state index is -0.443. The average Bonchev–Trinajstić information content (AvgIpc) is 2.67. The number of carbonyl (C=O) groups is 1. The molecule has 1 atom stereocenters. The molecule has 1 aliphatic rings. The zero-order valence-electron chi connectivity index (χ0n) is 16.7. The highest BCUT2D eigenvalue weighted by atomic mass is 16.2. The molecule has 1 saturated carbocycles. The number of carbonyl (C=O) groups excluding carboxylic acids is 1. The second-order valence-corrected chi connectivity index (χ2v) is 8.53. The highest BCUT2D eigenvalue weighted by molar-refractivity contribution is 5.86. The quantitative estimate of drug-likeness (QED) is 0.785. The predicted molar refractivity (Wildman–Crippen MR) is 111 cm³/mol. The minimum Gasteiger partial charge on any atom is -0.370 e. The standard InChI is InChI=1S/C23H31N3O/c1-23(2,3)18-11-13-20(14-12-18)25-21(17-8-7-15-24-16-17)22(27)26-19-9-5-4-6-10-19/h7-8,11-16,19,21,25H,4-6,9-10H2,1-3H3,(H,26,27). The van der Waals surface area contributed by atoms with Crippen molar-refractivity contribution >= 4 is 11.6 Å². The smallest absolute Gasteiger partial charge is 0.247 e. The van der Waals surface area contributed by atoms with E-state index in [-0.39, 0.29) is 17.4 Å². The Bertz CT molecular complexity index is 728. The Morgan fingerprint density at radius 1 is 1.07 bits per heavy atom. The van der Waals surface area contributed by atoms with Crippen LogP contribution < -0.4 is 10.6 Å².